The Labute approximate surface area is 161 Å². The van der Waals surface area contributed by atoms with Crippen molar-refractivity contribution in [2.45, 2.75) is 52.1 Å². The van der Waals surface area contributed by atoms with Gasteiger partial charge in [-0.3, -0.25) is 9.59 Å². The molecule has 1 aromatic carbocycles. The van der Waals surface area contributed by atoms with E-state index in [1.54, 1.807) is 6.92 Å². The molecule has 0 saturated carbocycles. The highest BCUT2D eigenvalue weighted by Gasteiger charge is 2.23. The summed E-state index contributed by atoms with van der Waals surface area (Å²) < 4.78 is 1.99. The Morgan fingerprint density at radius 2 is 1.96 bits per heavy atom. The minimum Gasteiger partial charge on any atom is -0.341 e. The van der Waals surface area contributed by atoms with Gasteiger partial charge in [0.1, 0.15) is 6.54 Å². The van der Waals surface area contributed by atoms with Crippen LogP contribution >= 0.6 is 0 Å². The number of amides is 1. The van der Waals surface area contributed by atoms with E-state index >= 15 is 0 Å². The van der Waals surface area contributed by atoms with Crippen LogP contribution in [0.15, 0.2) is 24.4 Å². The van der Waals surface area contributed by atoms with Crippen molar-refractivity contribution >= 4 is 22.6 Å². The van der Waals surface area contributed by atoms with Gasteiger partial charge in [0.05, 0.1) is 5.52 Å². The number of hydrogen-bond acceptors (Lipinski definition) is 3. The molecule has 1 fully saturated rings. The Kier molecular flexibility index (Phi) is 6.00. The van der Waals surface area contributed by atoms with E-state index in [1.807, 2.05) is 27.8 Å². The van der Waals surface area contributed by atoms with E-state index in [1.165, 1.54) is 5.56 Å². The predicted molar refractivity (Wildman–Crippen MR) is 109 cm³/mol. The number of carbonyl (C=O) groups excluding carboxylic acids is 2. The minimum atomic E-state index is 0.0445. The molecule has 0 radical (unpaired) electrons. The number of hydrogen-bond donors (Lipinski definition) is 0. The van der Waals surface area contributed by atoms with Crippen molar-refractivity contribution < 1.29 is 9.59 Å². The molecule has 3 rings (SSSR count). The second-order valence-electron chi connectivity index (χ2n) is 7.82. The van der Waals surface area contributed by atoms with Gasteiger partial charge in [-0.2, -0.15) is 0 Å². The number of para-hydroxylation sites is 1. The topological polar surface area (TPSA) is 45.6 Å². The smallest absolute Gasteiger partial charge is 0.242 e. The fourth-order valence-electron chi connectivity index (χ4n) is 4.22. The van der Waals surface area contributed by atoms with Crippen molar-refractivity contribution in [1.29, 1.82) is 0 Å². The zero-order valence-corrected chi connectivity index (χ0v) is 17.0. The summed E-state index contributed by atoms with van der Waals surface area (Å²) >= 11 is 0. The average molecular weight is 370 g/mol. The first-order valence-electron chi connectivity index (χ1n) is 9.98. The molecule has 0 N–H and O–H groups in total. The molecular formula is C22H31N3O2. The first-order chi connectivity index (χ1) is 12.9. The quantitative estimate of drug-likeness (QED) is 0.759. The summed E-state index contributed by atoms with van der Waals surface area (Å²) in [5.74, 6) is 0.190. The molecule has 1 aliphatic heterocycles. The second-order valence-corrected chi connectivity index (χ2v) is 7.82. The van der Waals surface area contributed by atoms with Crippen LogP contribution in [0.4, 0.5) is 0 Å². The lowest BCUT2D eigenvalue weighted by Crippen LogP contribution is -2.35. The molecule has 0 unspecified atom stereocenters. The Bertz CT molecular complexity index is 837. The third-order valence-corrected chi connectivity index (χ3v) is 5.83. The fraction of sp³-hybridized carbons (Fsp3) is 0.545. The summed E-state index contributed by atoms with van der Waals surface area (Å²) in [6.45, 7) is 5.63. The number of fused-ring (bicyclic) bond motifs is 1. The van der Waals surface area contributed by atoms with Gasteiger partial charge in [0.15, 0.2) is 5.78 Å². The Morgan fingerprint density at radius 1 is 1.19 bits per heavy atom. The van der Waals surface area contributed by atoms with Crippen LogP contribution in [0, 0.1) is 0 Å². The highest BCUT2D eigenvalue weighted by Crippen LogP contribution is 2.26. The molecule has 27 heavy (non-hydrogen) atoms. The number of aromatic nitrogens is 1. The molecule has 0 spiro atoms. The minimum absolute atomic E-state index is 0.0445. The molecule has 2 heterocycles. The molecular weight excluding hydrogens is 338 g/mol. The Morgan fingerprint density at radius 3 is 2.63 bits per heavy atom. The number of nitrogens with zero attached hydrogens (tertiary/aromatic N) is 3. The highest BCUT2D eigenvalue weighted by molar-refractivity contribution is 6.07. The van der Waals surface area contributed by atoms with Crippen LogP contribution in [0.5, 0.6) is 0 Å². The van der Waals surface area contributed by atoms with Gasteiger partial charge in [-0.05, 0) is 52.3 Å². The zero-order chi connectivity index (χ0) is 19.6. The van der Waals surface area contributed by atoms with Gasteiger partial charge in [-0.15, -0.1) is 0 Å². The van der Waals surface area contributed by atoms with Crippen molar-refractivity contribution in [3.8, 4) is 0 Å². The van der Waals surface area contributed by atoms with Crippen molar-refractivity contribution in [3.05, 3.63) is 35.5 Å². The third kappa shape index (κ3) is 4.08. The maximum atomic E-state index is 13.0. The predicted octanol–water partition coefficient (Wildman–Crippen LogP) is 3.35. The molecule has 5 nitrogen and oxygen atoms in total. The van der Waals surface area contributed by atoms with E-state index in [0.29, 0.717) is 18.2 Å². The Hall–Kier alpha value is -2.14. The fourth-order valence-corrected chi connectivity index (χ4v) is 4.22. The first-order valence-corrected chi connectivity index (χ1v) is 9.98. The van der Waals surface area contributed by atoms with E-state index < -0.39 is 0 Å². The average Bonchev–Trinajstić information content (AvgIpc) is 2.84. The summed E-state index contributed by atoms with van der Waals surface area (Å²) in [7, 11) is 4.23. The molecule has 1 amide bonds. The van der Waals surface area contributed by atoms with E-state index in [2.05, 4.69) is 32.0 Å². The van der Waals surface area contributed by atoms with Crippen molar-refractivity contribution in [2.75, 3.05) is 27.2 Å². The van der Waals surface area contributed by atoms with Gasteiger partial charge < -0.3 is 14.4 Å². The number of rotatable bonds is 5. The van der Waals surface area contributed by atoms with E-state index in [4.69, 9.17) is 0 Å². The normalized spacial score (nSPS) is 18.1. The molecule has 0 bridgehead atoms. The number of carbonyl (C=O) groups is 2. The van der Waals surface area contributed by atoms with Crippen molar-refractivity contribution in [2.24, 2.45) is 0 Å². The number of benzene rings is 1. The molecule has 1 aliphatic rings. The van der Waals surface area contributed by atoms with E-state index in [9.17, 15) is 9.59 Å². The SMILES string of the molecule is CCc1cccc2c(C(C)=O)cn(CC(=O)N3CCC[C@@H](N(C)C)CC3)c12. The van der Waals surface area contributed by atoms with Crippen LogP contribution in [0.1, 0.15) is 49.0 Å². The number of aryl methyl sites for hydroxylation is 1. The Balaban J connectivity index is 1.86. The van der Waals surface area contributed by atoms with E-state index in [-0.39, 0.29) is 11.7 Å². The molecule has 5 heteroatoms. The molecule has 146 valence electrons. The van der Waals surface area contributed by atoms with Crippen LogP contribution in [-0.4, -0.2) is 59.3 Å². The third-order valence-electron chi connectivity index (χ3n) is 5.83. The second kappa shape index (κ2) is 8.26. The van der Waals surface area contributed by atoms with Gasteiger partial charge in [-0.25, -0.2) is 0 Å². The molecule has 2 aromatic rings. The van der Waals surface area contributed by atoms with E-state index in [0.717, 1.165) is 49.7 Å². The van der Waals surface area contributed by atoms with Gasteiger partial charge in [0, 0.05) is 36.3 Å². The molecule has 1 atom stereocenters. The van der Waals surface area contributed by atoms with Gasteiger partial charge in [0.2, 0.25) is 5.91 Å². The van der Waals surface area contributed by atoms with Crippen LogP contribution in [0.25, 0.3) is 10.9 Å². The van der Waals surface area contributed by atoms with Crippen LogP contribution in [-0.2, 0) is 17.8 Å². The summed E-state index contributed by atoms with van der Waals surface area (Å²) in [6, 6.07) is 6.61. The lowest BCUT2D eigenvalue weighted by molar-refractivity contribution is -0.131. The first kappa shape index (κ1) is 19.6. The van der Waals surface area contributed by atoms with Crippen molar-refractivity contribution in [1.82, 2.24) is 14.4 Å². The van der Waals surface area contributed by atoms with Gasteiger partial charge >= 0.3 is 0 Å². The zero-order valence-electron chi connectivity index (χ0n) is 17.0. The molecule has 1 aromatic heterocycles. The standard InChI is InChI=1S/C22H31N3O2/c1-5-17-8-6-10-19-20(16(2)26)14-25(22(17)19)15-21(27)24-12-7-9-18(11-13-24)23(3)4/h6,8,10,14,18H,5,7,9,11-13,15H2,1-4H3/t18-/m1/s1. The maximum absolute atomic E-state index is 13.0. The maximum Gasteiger partial charge on any atom is 0.242 e. The van der Waals surface area contributed by atoms with Crippen LogP contribution in [0.2, 0.25) is 0 Å². The summed E-state index contributed by atoms with van der Waals surface area (Å²) in [5, 5.41) is 0.957. The van der Waals surface area contributed by atoms with Crippen LogP contribution in [0.3, 0.4) is 0 Å². The highest BCUT2D eigenvalue weighted by atomic mass is 16.2. The lowest BCUT2D eigenvalue weighted by Gasteiger charge is -2.23. The number of Topliss-reactive ketones (excluding diaryl/α,β-unsaturated/α-hetero) is 1. The molecule has 1 saturated heterocycles. The number of ketones is 1. The summed E-state index contributed by atoms with van der Waals surface area (Å²) in [5.41, 5.74) is 2.91. The van der Waals surface area contributed by atoms with Crippen molar-refractivity contribution in [3.63, 3.8) is 0 Å². The van der Waals surface area contributed by atoms with Gasteiger partial charge in [-0.1, -0.05) is 25.1 Å². The van der Waals surface area contributed by atoms with Gasteiger partial charge in [0.25, 0.3) is 0 Å². The largest absolute Gasteiger partial charge is 0.341 e. The monoisotopic (exact) mass is 369 g/mol. The summed E-state index contributed by atoms with van der Waals surface area (Å²) in [6.07, 6.45) is 5.94. The molecule has 0 aliphatic carbocycles. The summed E-state index contributed by atoms with van der Waals surface area (Å²) in [4.78, 5) is 29.4. The van der Waals surface area contributed by atoms with Crippen LogP contribution < -0.4 is 0 Å². The number of likely N-dealkylation sites (tertiary alicyclic amines) is 1. The lowest BCUT2D eigenvalue weighted by atomic mass is 10.1.